The molecule has 0 bridgehead atoms. The number of hydrogen-bond acceptors (Lipinski definition) is 10. The molecular weight excluding hydrogens is 547 g/mol. The Kier molecular flexibility index (Phi) is 8.08. The molecule has 2 unspecified atom stereocenters. The summed E-state index contributed by atoms with van der Waals surface area (Å²) in [6, 6.07) is 8.89. The topological polar surface area (TPSA) is 163 Å². The molecule has 4 rings (SSSR count). The van der Waals surface area contributed by atoms with Gasteiger partial charge in [-0.1, -0.05) is 23.4 Å². The molecule has 1 aromatic carbocycles. The van der Waals surface area contributed by atoms with E-state index >= 15 is 0 Å². The third-order valence-corrected chi connectivity index (χ3v) is 5.58. The Hall–Kier alpha value is -4.48. The molecule has 4 aromatic rings. The van der Waals surface area contributed by atoms with Crippen LogP contribution in [0.25, 0.3) is 22.9 Å². The number of nitrogens with zero attached hydrogens (tertiary/aromatic N) is 5. The molecule has 17 heteroatoms. The van der Waals surface area contributed by atoms with Crippen molar-refractivity contribution in [3.05, 3.63) is 66.1 Å². The average molecular weight is 568 g/mol. The molecule has 0 saturated heterocycles. The van der Waals surface area contributed by atoms with Gasteiger partial charge in [-0.3, -0.25) is 14.9 Å². The van der Waals surface area contributed by atoms with Crippen molar-refractivity contribution in [3.63, 3.8) is 0 Å². The number of hydrogen-bond donors (Lipinski definition) is 5. The molecule has 3 heterocycles. The van der Waals surface area contributed by atoms with E-state index in [1.165, 1.54) is 41.3 Å². The monoisotopic (exact) mass is 568 g/mol. The summed E-state index contributed by atoms with van der Waals surface area (Å²) in [5.41, 5.74) is 0.422. The molecule has 0 spiro atoms. The predicted octanol–water partition coefficient (Wildman–Crippen LogP) is 1.99. The Morgan fingerprint density at radius 2 is 1.90 bits per heavy atom. The molecule has 12 nitrogen and oxygen atoms in total. The van der Waals surface area contributed by atoms with Gasteiger partial charge in [-0.05, 0) is 12.1 Å². The minimum Gasteiger partial charge on any atom is -0.376 e. The van der Waals surface area contributed by atoms with Crippen LogP contribution >= 0.6 is 0 Å². The molecule has 0 saturated carbocycles. The van der Waals surface area contributed by atoms with E-state index in [0.717, 1.165) is 6.92 Å². The lowest BCUT2D eigenvalue weighted by atomic mass is 10.0. The highest BCUT2D eigenvalue weighted by Gasteiger charge is 2.59. The van der Waals surface area contributed by atoms with E-state index in [-0.39, 0.29) is 23.6 Å². The van der Waals surface area contributed by atoms with Gasteiger partial charge >= 0.3 is 6.18 Å². The Balaban J connectivity index is 1.64. The molecule has 2 atom stereocenters. The third-order valence-electron chi connectivity index (χ3n) is 5.58. The number of benzene rings is 1. The first kappa shape index (κ1) is 28.5. The first-order chi connectivity index (χ1) is 18.9. The van der Waals surface area contributed by atoms with Crippen molar-refractivity contribution in [1.82, 2.24) is 35.8 Å². The van der Waals surface area contributed by atoms with Crippen LogP contribution in [-0.4, -0.2) is 65.6 Å². The Bertz CT molecular complexity index is 1480. The molecule has 5 N–H and O–H groups in total. The van der Waals surface area contributed by atoms with Gasteiger partial charge in [0.15, 0.2) is 23.7 Å². The van der Waals surface area contributed by atoms with Gasteiger partial charge in [0.05, 0.1) is 25.0 Å². The Morgan fingerprint density at radius 1 is 1.15 bits per heavy atom. The number of aromatic nitrogens is 5. The number of rotatable bonds is 10. The van der Waals surface area contributed by atoms with E-state index in [9.17, 15) is 37.0 Å². The van der Waals surface area contributed by atoms with Crippen molar-refractivity contribution in [1.29, 1.82) is 0 Å². The van der Waals surface area contributed by atoms with E-state index in [4.69, 9.17) is 4.52 Å². The number of carbonyl (C=O) groups is 1. The second kappa shape index (κ2) is 11.3. The lowest BCUT2D eigenvalue weighted by Gasteiger charge is -2.35. The molecule has 0 fully saturated rings. The smallest absolute Gasteiger partial charge is 0.376 e. The largest absolute Gasteiger partial charge is 0.422 e. The van der Waals surface area contributed by atoms with Crippen molar-refractivity contribution >= 4 is 11.7 Å². The molecule has 40 heavy (non-hydrogen) atoms. The van der Waals surface area contributed by atoms with Crippen LogP contribution in [0.15, 0.2) is 53.4 Å². The van der Waals surface area contributed by atoms with Gasteiger partial charge in [0.2, 0.25) is 11.5 Å². The van der Waals surface area contributed by atoms with Gasteiger partial charge in [-0.15, -0.1) is 0 Å². The number of halogens is 5. The second-order valence-electron chi connectivity index (χ2n) is 8.44. The van der Waals surface area contributed by atoms with Gasteiger partial charge in [0, 0.05) is 18.6 Å². The number of hydrazine groups is 1. The molecular formula is C23H21F5N8O4. The minimum atomic E-state index is -5.44. The Labute approximate surface area is 221 Å². The number of aliphatic hydroxyl groups is 2. The van der Waals surface area contributed by atoms with Gasteiger partial charge in [-0.2, -0.15) is 18.3 Å². The standard InChI is InChI=1S/C23H21F5N8O4/c1-12(37)32-33-21(38)22(39,23(26,27)28)11-30-19-15(25)9-29-20(31-19)17-8-18(16-6-7-40-35-16)36(34-17)10-13-4-2-3-5-14(13)24/h2-9,21,33,38-39H,10-11H2,1H3,(H,32,37)(H,29,30,31). The summed E-state index contributed by atoms with van der Waals surface area (Å²) in [7, 11) is 0. The number of aliphatic hydroxyl groups excluding tert-OH is 1. The fourth-order valence-corrected chi connectivity index (χ4v) is 3.46. The lowest BCUT2D eigenvalue weighted by molar-refractivity contribution is -0.289. The van der Waals surface area contributed by atoms with E-state index < -0.39 is 47.9 Å². The summed E-state index contributed by atoms with van der Waals surface area (Å²) < 4.78 is 75.9. The summed E-state index contributed by atoms with van der Waals surface area (Å²) in [6.07, 6.45) is -6.22. The van der Waals surface area contributed by atoms with Gasteiger partial charge in [0.25, 0.3) is 0 Å². The second-order valence-corrected chi connectivity index (χ2v) is 8.44. The highest BCUT2D eigenvalue weighted by molar-refractivity contribution is 5.72. The van der Waals surface area contributed by atoms with Crippen LogP contribution in [0.4, 0.5) is 27.8 Å². The van der Waals surface area contributed by atoms with E-state index in [1.54, 1.807) is 16.9 Å². The third kappa shape index (κ3) is 6.05. The summed E-state index contributed by atoms with van der Waals surface area (Å²) in [5, 5.41) is 30.3. The first-order valence-corrected chi connectivity index (χ1v) is 11.4. The molecule has 0 aliphatic rings. The van der Waals surface area contributed by atoms with Crippen molar-refractivity contribution in [2.45, 2.75) is 31.5 Å². The molecule has 0 aliphatic carbocycles. The maximum atomic E-state index is 14.5. The summed E-state index contributed by atoms with van der Waals surface area (Å²) in [4.78, 5) is 18.7. The minimum absolute atomic E-state index is 0.0239. The first-order valence-electron chi connectivity index (χ1n) is 11.4. The number of nitrogens with one attached hydrogen (secondary N) is 3. The highest BCUT2D eigenvalue weighted by Crippen LogP contribution is 2.33. The van der Waals surface area contributed by atoms with Crippen molar-refractivity contribution in [2.75, 3.05) is 11.9 Å². The number of carbonyl (C=O) groups excluding carboxylic acids is 1. The fraction of sp³-hybridized carbons (Fsp3) is 0.261. The van der Waals surface area contributed by atoms with Gasteiger partial charge in [-0.25, -0.2) is 24.2 Å². The van der Waals surface area contributed by atoms with Crippen molar-refractivity contribution in [2.24, 2.45) is 0 Å². The predicted molar refractivity (Wildman–Crippen MR) is 127 cm³/mol. The SMILES string of the molecule is CC(=O)NNC(O)C(O)(CNc1nc(-c2cc(-c3ccon3)n(Cc3ccccc3F)n2)ncc1F)C(F)(F)F. The molecule has 3 aromatic heterocycles. The quantitative estimate of drug-likeness (QED) is 0.109. The molecule has 0 aliphatic heterocycles. The van der Waals surface area contributed by atoms with Crippen molar-refractivity contribution in [3.8, 4) is 22.9 Å². The van der Waals surface area contributed by atoms with E-state index in [0.29, 0.717) is 17.6 Å². The number of alkyl halides is 3. The average Bonchev–Trinajstić information content (AvgIpc) is 3.57. The maximum absolute atomic E-state index is 14.5. The normalized spacial score (nSPS) is 14.0. The number of amides is 1. The van der Waals surface area contributed by atoms with E-state index in [2.05, 4.69) is 20.2 Å². The molecule has 0 radical (unpaired) electrons. The van der Waals surface area contributed by atoms with Crippen LogP contribution < -0.4 is 16.2 Å². The van der Waals surface area contributed by atoms with Crippen molar-refractivity contribution < 1.29 is 41.5 Å². The van der Waals surface area contributed by atoms with Crippen LogP contribution in [0, 0.1) is 11.6 Å². The summed E-state index contributed by atoms with van der Waals surface area (Å²) in [6.45, 7) is -0.587. The van der Waals surface area contributed by atoms with Gasteiger partial charge < -0.3 is 20.1 Å². The fourth-order valence-electron chi connectivity index (χ4n) is 3.46. The summed E-state index contributed by atoms with van der Waals surface area (Å²) >= 11 is 0. The molecule has 1 amide bonds. The van der Waals surface area contributed by atoms with Crippen LogP contribution in [0.2, 0.25) is 0 Å². The Morgan fingerprint density at radius 3 is 2.55 bits per heavy atom. The van der Waals surface area contributed by atoms with Crippen LogP contribution in [0.3, 0.4) is 0 Å². The van der Waals surface area contributed by atoms with Gasteiger partial charge in [0.1, 0.15) is 23.5 Å². The van der Waals surface area contributed by atoms with Crippen LogP contribution in [0.5, 0.6) is 0 Å². The van der Waals surface area contributed by atoms with E-state index in [1.807, 2.05) is 5.32 Å². The zero-order valence-corrected chi connectivity index (χ0v) is 20.4. The van der Waals surface area contributed by atoms with Crippen LogP contribution in [0.1, 0.15) is 12.5 Å². The highest BCUT2D eigenvalue weighted by atomic mass is 19.4. The number of anilines is 1. The maximum Gasteiger partial charge on any atom is 0.422 e. The zero-order valence-electron chi connectivity index (χ0n) is 20.4. The van der Waals surface area contributed by atoms with Crippen LogP contribution in [-0.2, 0) is 11.3 Å². The zero-order chi connectivity index (χ0) is 29.1. The summed E-state index contributed by atoms with van der Waals surface area (Å²) in [5.74, 6) is -3.52. The molecule has 212 valence electrons. The lowest BCUT2D eigenvalue weighted by Crippen LogP contribution is -2.66.